The van der Waals surface area contributed by atoms with Crippen LogP contribution < -0.4 is 0 Å². The lowest BCUT2D eigenvalue weighted by atomic mass is 9.64. The normalized spacial score (nSPS) is 29.4. The van der Waals surface area contributed by atoms with Crippen LogP contribution in [0.4, 0.5) is 4.39 Å². The molecule has 0 heterocycles. The van der Waals surface area contributed by atoms with Crippen molar-refractivity contribution >= 4 is 5.57 Å². The minimum atomic E-state index is -0.355. The van der Waals surface area contributed by atoms with Gasteiger partial charge in [-0.3, -0.25) is 4.39 Å². The van der Waals surface area contributed by atoms with Crippen LogP contribution in [0, 0.1) is 28.6 Å². The highest BCUT2D eigenvalue weighted by Crippen LogP contribution is 2.46. The molecular weight excluding hydrogens is 309 g/mol. The van der Waals surface area contributed by atoms with Crippen LogP contribution in [0.5, 0.6) is 0 Å². The smallest absolute Gasteiger partial charge is 0.0928 e. The van der Waals surface area contributed by atoms with Crippen LogP contribution in [-0.2, 0) is 0 Å². The number of benzene rings is 1. The molecule has 1 unspecified atom stereocenters. The van der Waals surface area contributed by atoms with E-state index in [0.717, 1.165) is 32.1 Å². The molecule has 0 aromatic heterocycles. The first-order valence-corrected chi connectivity index (χ1v) is 9.36. The first-order valence-electron chi connectivity index (χ1n) is 9.36. The Morgan fingerprint density at radius 3 is 2.52 bits per heavy atom. The highest BCUT2D eigenvalue weighted by molar-refractivity contribution is 5.75. The molecule has 0 spiro atoms. The first-order chi connectivity index (χ1) is 12.3. The molecule has 1 saturated carbocycles. The average molecular weight is 335 g/mol. The van der Waals surface area contributed by atoms with Gasteiger partial charge in [-0.25, -0.2) is 0 Å². The fraction of sp³-hybridized carbons (Fsp3) is 0.435. The van der Waals surface area contributed by atoms with Crippen LogP contribution in [-0.4, -0.2) is 6.67 Å². The minimum absolute atomic E-state index is 0.274. The second-order valence-electron chi connectivity index (χ2n) is 7.23. The number of nitriles is 1. The maximum atomic E-state index is 12.2. The molecule has 25 heavy (non-hydrogen) atoms. The van der Waals surface area contributed by atoms with E-state index in [-0.39, 0.29) is 12.1 Å². The van der Waals surface area contributed by atoms with Crippen LogP contribution >= 0.6 is 0 Å². The van der Waals surface area contributed by atoms with E-state index in [4.69, 9.17) is 0 Å². The molecule has 0 N–H and O–H groups in total. The molecule has 2 heteroatoms. The monoisotopic (exact) mass is 335 g/mol. The molecule has 1 nitrogen and oxygen atoms in total. The predicted molar refractivity (Wildman–Crippen MR) is 101 cm³/mol. The molecular formula is C23H26FN. The van der Waals surface area contributed by atoms with Gasteiger partial charge in [-0.1, -0.05) is 60.7 Å². The summed E-state index contributed by atoms with van der Waals surface area (Å²) in [6.45, 7) is -0.274. The SMILES string of the molecule is N#CC1([C@H]2CC[C@H](C=CCCF)CC2)C=CC(c2ccccc2)=CC1. The summed E-state index contributed by atoms with van der Waals surface area (Å²) in [5, 5.41) is 9.90. The van der Waals surface area contributed by atoms with Crippen molar-refractivity contribution < 1.29 is 4.39 Å². The van der Waals surface area contributed by atoms with Crippen molar-refractivity contribution in [1.29, 1.82) is 5.26 Å². The van der Waals surface area contributed by atoms with Crippen LogP contribution in [0.2, 0.25) is 0 Å². The Labute approximate surface area is 150 Å². The summed E-state index contributed by atoms with van der Waals surface area (Å²) < 4.78 is 12.2. The average Bonchev–Trinajstić information content (AvgIpc) is 2.69. The molecule has 130 valence electrons. The van der Waals surface area contributed by atoms with E-state index in [0.29, 0.717) is 18.3 Å². The Morgan fingerprint density at radius 1 is 1.16 bits per heavy atom. The van der Waals surface area contributed by atoms with Crippen LogP contribution in [0.25, 0.3) is 5.57 Å². The third-order valence-electron chi connectivity index (χ3n) is 5.72. The van der Waals surface area contributed by atoms with Crippen molar-refractivity contribution in [3.05, 3.63) is 66.3 Å². The van der Waals surface area contributed by atoms with Gasteiger partial charge >= 0.3 is 0 Å². The summed E-state index contributed by atoms with van der Waals surface area (Å²) in [5.41, 5.74) is 2.08. The Balaban J connectivity index is 1.64. The predicted octanol–water partition coefficient (Wildman–Crippen LogP) is 6.26. The molecule has 1 aromatic carbocycles. The number of alkyl halides is 1. The van der Waals surface area contributed by atoms with Gasteiger partial charge < -0.3 is 0 Å². The molecule has 0 saturated heterocycles. The summed E-state index contributed by atoms with van der Waals surface area (Å²) in [6.07, 6.45) is 16.4. The standard InChI is InChI=1S/C23H26FN/c24-17-5-4-6-19-9-11-22(12-10-19)23(18-25)15-13-21(14-16-23)20-7-2-1-3-8-20/h1-4,6-8,13-15,19,22H,5,9-12,16-17H2/t19-,22-,23?. The van der Waals surface area contributed by atoms with E-state index < -0.39 is 0 Å². The molecule has 1 atom stereocenters. The van der Waals surface area contributed by atoms with E-state index >= 15 is 0 Å². The van der Waals surface area contributed by atoms with Crippen molar-refractivity contribution in [3.8, 4) is 6.07 Å². The van der Waals surface area contributed by atoms with Crippen molar-refractivity contribution in [1.82, 2.24) is 0 Å². The summed E-state index contributed by atoms with van der Waals surface area (Å²) in [5.74, 6) is 0.981. The van der Waals surface area contributed by atoms with Crippen molar-refractivity contribution in [2.75, 3.05) is 6.67 Å². The van der Waals surface area contributed by atoms with Crippen molar-refractivity contribution in [2.45, 2.75) is 38.5 Å². The number of nitrogens with zero attached hydrogens (tertiary/aromatic N) is 1. The van der Waals surface area contributed by atoms with Gasteiger partial charge in [0.15, 0.2) is 0 Å². The van der Waals surface area contributed by atoms with Gasteiger partial charge in [0.2, 0.25) is 0 Å². The number of hydrogen-bond acceptors (Lipinski definition) is 1. The van der Waals surface area contributed by atoms with Crippen molar-refractivity contribution in [2.24, 2.45) is 17.3 Å². The number of rotatable bonds is 5. The zero-order valence-electron chi connectivity index (χ0n) is 14.7. The summed E-state index contributed by atoms with van der Waals surface area (Å²) >= 11 is 0. The molecule has 3 rings (SSSR count). The molecule has 0 amide bonds. The number of halogens is 1. The largest absolute Gasteiger partial charge is 0.251 e. The van der Waals surface area contributed by atoms with Gasteiger partial charge in [-0.05, 0) is 61.5 Å². The van der Waals surface area contributed by atoms with Gasteiger partial charge in [0.25, 0.3) is 0 Å². The van der Waals surface area contributed by atoms with Gasteiger partial charge in [-0.2, -0.15) is 5.26 Å². The lowest BCUT2D eigenvalue weighted by Crippen LogP contribution is -2.31. The van der Waals surface area contributed by atoms with E-state index in [1.165, 1.54) is 11.1 Å². The fourth-order valence-electron chi connectivity index (χ4n) is 4.15. The zero-order chi connectivity index (χ0) is 17.5. The van der Waals surface area contributed by atoms with Gasteiger partial charge in [-0.15, -0.1) is 0 Å². The lowest BCUT2D eigenvalue weighted by molar-refractivity contribution is 0.205. The van der Waals surface area contributed by atoms with Gasteiger partial charge in [0, 0.05) is 0 Å². The molecule has 0 bridgehead atoms. The molecule has 2 aliphatic rings. The quantitative estimate of drug-likeness (QED) is 0.582. The number of allylic oxidation sites excluding steroid dienone is 6. The second-order valence-corrected chi connectivity index (χ2v) is 7.23. The summed E-state index contributed by atoms with van der Waals surface area (Å²) in [4.78, 5) is 0. The molecule has 1 aromatic rings. The van der Waals surface area contributed by atoms with Crippen molar-refractivity contribution in [3.63, 3.8) is 0 Å². The second kappa shape index (κ2) is 8.30. The molecule has 0 aliphatic heterocycles. The van der Waals surface area contributed by atoms with Crippen LogP contribution in [0.3, 0.4) is 0 Å². The van der Waals surface area contributed by atoms with E-state index in [1.807, 2.05) is 24.3 Å². The fourth-order valence-corrected chi connectivity index (χ4v) is 4.15. The Morgan fingerprint density at radius 2 is 1.92 bits per heavy atom. The maximum Gasteiger partial charge on any atom is 0.0928 e. The lowest BCUT2D eigenvalue weighted by Gasteiger charge is -2.38. The van der Waals surface area contributed by atoms with Crippen LogP contribution in [0.15, 0.2) is 60.7 Å². The first kappa shape index (κ1) is 17.7. The maximum absolute atomic E-state index is 12.2. The highest BCUT2D eigenvalue weighted by Gasteiger charge is 2.39. The van der Waals surface area contributed by atoms with Gasteiger partial charge in [0.05, 0.1) is 18.2 Å². The third-order valence-corrected chi connectivity index (χ3v) is 5.72. The highest BCUT2D eigenvalue weighted by atomic mass is 19.1. The van der Waals surface area contributed by atoms with E-state index in [1.54, 1.807) is 0 Å². The Kier molecular flexibility index (Phi) is 5.87. The van der Waals surface area contributed by atoms with E-state index in [9.17, 15) is 9.65 Å². The zero-order valence-corrected chi connectivity index (χ0v) is 14.7. The molecule has 2 aliphatic carbocycles. The summed E-state index contributed by atoms with van der Waals surface area (Å²) in [7, 11) is 0. The molecule has 1 fully saturated rings. The van der Waals surface area contributed by atoms with E-state index in [2.05, 4.69) is 42.5 Å². The minimum Gasteiger partial charge on any atom is -0.251 e. The number of hydrogen-bond donors (Lipinski definition) is 0. The molecule has 0 radical (unpaired) electrons. The topological polar surface area (TPSA) is 23.8 Å². The van der Waals surface area contributed by atoms with Crippen LogP contribution in [0.1, 0.15) is 44.1 Å². The summed E-state index contributed by atoms with van der Waals surface area (Å²) in [6, 6.07) is 13.0. The van der Waals surface area contributed by atoms with Gasteiger partial charge in [0.1, 0.15) is 0 Å². The third kappa shape index (κ3) is 4.10. The Bertz CT molecular complexity index is 687. The Hall–Kier alpha value is -2.14.